The van der Waals surface area contributed by atoms with E-state index in [4.69, 9.17) is 14.2 Å². The smallest absolute Gasteiger partial charge is 0.264 e. The van der Waals surface area contributed by atoms with E-state index < -0.39 is 29.4 Å². The highest BCUT2D eigenvalue weighted by atomic mass is 19.1. The fraction of sp³-hybridized carbons (Fsp3) is 0.417. The third-order valence-electron chi connectivity index (χ3n) is 6.19. The summed E-state index contributed by atoms with van der Waals surface area (Å²) in [5.41, 5.74) is -0.598. The van der Waals surface area contributed by atoms with Crippen LogP contribution < -0.4 is 14.8 Å². The molecule has 2 aliphatic rings. The molecule has 0 radical (unpaired) electrons. The number of methoxy groups -OCH3 is 2. The summed E-state index contributed by atoms with van der Waals surface area (Å²) in [5, 5.41) is 2.62. The Hall–Kier alpha value is -3.13. The molecule has 1 unspecified atom stereocenters. The molecule has 2 aromatic carbocycles. The number of anilines is 1. The molecule has 1 saturated carbocycles. The van der Waals surface area contributed by atoms with Crippen molar-refractivity contribution in [2.75, 3.05) is 26.1 Å². The number of carbonyl (C=O) groups is 2. The molecule has 1 aliphatic heterocycles. The van der Waals surface area contributed by atoms with E-state index in [0.29, 0.717) is 24.3 Å². The molecule has 0 bridgehead atoms. The SMILES string of the molecule is COc1cccc(OC)c1C(=O)N1C(C(=O)Nc2ccccc2F)COC12CCCCC2. The highest BCUT2D eigenvalue weighted by molar-refractivity contribution is 6.04. The molecule has 2 amide bonds. The first kappa shape index (κ1) is 22.1. The summed E-state index contributed by atoms with van der Waals surface area (Å²) >= 11 is 0. The van der Waals surface area contributed by atoms with Crippen LogP contribution in [0, 0.1) is 5.82 Å². The van der Waals surface area contributed by atoms with E-state index in [1.54, 1.807) is 30.3 Å². The fourth-order valence-electron chi connectivity index (χ4n) is 4.63. The molecule has 4 rings (SSSR count). The molecule has 170 valence electrons. The average Bonchev–Trinajstić information content (AvgIpc) is 3.18. The van der Waals surface area contributed by atoms with Crippen LogP contribution in [0.3, 0.4) is 0 Å². The van der Waals surface area contributed by atoms with E-state index in [9.17, 15) is 14.0 Å². The molecule has 1 atom stereocenters. The Labute approximate surface area is 186 Å². The van der Waals surface area contributed by atoms with Crippen LogP contribution in [-0.4, -0.2) is 49.3 Å². The van der Waals surface area contributed by atoms with Crippen LogP contribution in [0.15, 0.2) is 42.5 Å². The van der Waals surface area contributed by atoms with E-state index in [1.807, 2.05) is 0 Å². The summed E-state index contributed by atoms with van der Waals surface area (Å²) in [5.74, 6) is -0.760. The molecular formula is C24H27FN2O5. The van der Waals surface area contributed by atoms with Crippen LogP contribution in [0.1, 0.15) is 42.5 Å². The molecule has 2 fully saturated rings. The molecule has 7 nitrogen and oxygen atoms in total. The first-order valence-corrected chi connectivity index (χ1v) is 10.7. The van der Waals surface area contributed by atoms with Crippen molar-refractivity contribution >= 4 is 17.5 Å². The van der Waals surface area contributed by atoms with Crippen molar-refractivity contribution in [3.63, 3.8) is 0 Å². The van der Waals surface area contributed by atoms with Crippen molar-refractivity contribution in [2.24, 2.45) is 0 Å². The van der Waals surface area contributed by atoms with Crippen molar-refractivity contribution in [3.05, 3.63) is 53.8 Å². The van der Waals surface area contributed by atoms with Gasteiger partial charge in [0, 0.05) is 0 Å². The van der Waals surface area contributed by atoms with Gasteiger partial charge in [-0.1, -0.05) is 24.6 Å². The molecule has 32 heavy (non-hydrogen) atoms. The van der Waals surface area contributed by atoms with Gasteiger partial charge in [0.2, 0.25) is 5.91 Å². The summed E-state index contributed by atoms with van der Waals surface area (Å²) < 4.78 is 31.2. The minimum atomic E-state index is -0.921. The van der Waals surface area contributed by atoms with Crippen LogP contribution in [0.5, 0.6) is 11.5 Å². The maximum Gasteiger partial charge on any atom is 0.264 e. The number of halogens is 1. The van der Waals surface area contributed by atoms with E-state index in [0.717, 1.165) is 19.3 Å². The van der Waals surface area contributed by atoms with E-state index >= 15 is 0 Å². The predicted molar refractivity (Wildman–Crippen MR) is 116 cm³/mol. The van der Waals surface area contributed by atoms with Gasteiger partial charge in [-0.3, -0.25) is 14.5 Å². The number of amides is 2. The quantitative estimate of drug-likeness (QED) is 0.758. The van der Waals surface area contributed by atoms with Crippen LogP contribution >= 0.6 is 0 Å². The highest BCUT2D eigenvalue weighted by Gasteiger charge is 2.53. The first-order valence-electron chi connectivity index (χ1n) is 10.7. The van der Waals surface area contributed by atoms with Crippen molar-refractivity contribution in [3.8, 4) is 11.5 Å². The Bertz CT molecular complexity index is 983. The lowest BCUT2D eigenvalue weighted by Crippen LogP contribution is -2.55. The number of hydrogen-bond donors (Lipinski definition) is 1. The van der Waals surface area contributed by atoms with Crippen LogP contribution in [0.2, 0.25) is 0 Å². The van der Waals surface area contributed by atoms with Gasteiger partial charge in [-0.15, -0.1) is 0 Å². The Morgan fingerprint density at radius 1 is 1.03 bits per heavy atom. The van der Waals surface area contributed by atoms with Crippen LogP contribution in [-0.2, 0) is 9.53 Å². The minimum absolute atomic E-state index is 0.0312. The second-order valence-electron chi connectivity index (χ2n) is 8.02. The lowest BCUT2D eigenvalue weighted by Gasteiger charge is -2.41. The van der Waals surface area contributed by atoms with Crippen molar-refractivity contribution < 1.29 is 28.2 Å². The zero-order valence-electron chi connectivity index (χ0n) is 18.2. The van der Waals surface area contributed by atoms with Gasteiger partial charge in [0.25, 0.3) is 5.91 Å². The molecule has 2 aromatic rings. The van der Waals surface area contributed by atoms with Gasteiger partial charge in [0.05, 0.1) is 26.5 Å². The van der Waals surface area contributed by atoms with Gasteiger partial charge in [0.15, 0.2) is 0 Å². The summed E-state index contributed by atoms with van der Waals surface area (Å²) in [4.78, 5) is 28.7. The molecule has 1 N–H and O–H groups in total. The molecule has 1 aliphatic carbocycles. The Morgan fingerprint density at radius 2 is 1.69 bits per heavy atom. The van der Waals surface area contributed by atoms with E-state index in [2.05, 4.69) is 5.32 Å². The summed E-state index contributed by atoms with van der Waals surface area (Å²) in [7, 11) is 2.95. The van der Waals surface area contributed by atoms with Gasteiger partial charge in [0.1, 0.15) is 34.6 Å². The first-order chi connectivity index (χ1) is 15.5. The summed E-state index contributed by atoms with van der Waals surface area (Å²) in [6.07, 6.45) is 4.06. The number of benzene rings is 2. The zero-order valence-corrected chi connectivity index (χ0v) is 18.2. The number of para-hydroxylation sites is 1. The van der Waals surface area contributed by atoms with Crippen molar-refractivity contribution in [2.45, 2.75) is 43.9 Å². The third kappa shape index (κ3) is 3.90. The molecule has 1 heterocycles. The number of rotatable bonds is 5. The normalized spacial score (nSPS) is 19.6. The van der Waals surface area contributed by atoms with Gasteiger partial charge < -0.3 is 19.5 Å². The number of ether oxygens (including phenoxy) is 3. The van der Waals surface area contributed by atoms with Crippen LogP contribution in [0.4, 0.5) is 10.1 Å². The number of nitrogens with one attached hydrogen (secondary N) is 1. The Morgan fingerprint density at radius 3 is 2.31 bits per heavy atom. The maximum absolute atomic E-state index is 14.1. The fourth-order valence-corrected chi connectivity index (χ4v) is 4.63. The van der Waals surface area contributed by atoms with Crippen molar-refractivity contribution in [1.29, 1.82) is 0 Å². The minimum Gasteiger partial charge on any atom is -0.496 e. The van der Waals surface area contributed by atoms with Gasteiger partial charge in [-0.05, 0) is 49.9 Å². The second-order valence-corrected chi connectivity index (χ2v) is 8.02. The lowest BCUT2D eigenvalue weighted by molar-refractivity contribution is -0.122. The van der Waals surface area contributed by atoms with Crippen molar-refractivity contribution in [1.82, 2.24) is 4.90 Å². The standard InChI is InChI=1S/C24H27FN2O5/c1-30-19-11-8-12-20(31-2)21(19)23(29)27-18(15-32-24(27)13-6-3-7-14-24)22(28)26-17-10-5-4-9-16(17)25/h4-5,8-12,18H,3,6-7,13-15H2,1-2H3,(H,26,28). The molecule has 1 spiro atoms. The van der Waals surface area contributed by atoms with Gasteiger partial charge in [-0.2, -0.15) is 0 Å². The summed E-state index contributed by atoms with van der Waals surface area (Å²) in [6.45, 7) is 0.0312. The highest BCUT2D eigenvalue weighted by Crippen LogP contribution is 2.43. The molecule has 8 heteroatoms. The number of nitrogens with zero attached hydrogens (tertiary/aromatic N) is 1. The molecule has 1 saturated heterocycles. The topological polar surface area (TPSA) is 77.1 Å². The lowest BCUT2D eigenvalue weighted by atomic mass is 9.89. The van der Waals surface area contributed by atoms with Gasteiger partial charge >= 0.3 is 0 Å². The largest absolute Gasteiger partial charge is 0.496 e. The monoisotopic (exact) mass is 442 g/mol. The molecule has 0 aromatic heterocycles. The number of carbonyl (C=O) groups excluding carboxylic acids is 2. The molecular weight excluding hydrogens is 415 g/mol. The Balaban J connectivity index is 1.73. The number of hydrogen-bond acceptors (Lipinski definition) is 5. The average molecular weight is 442 g/mol. The van der Waals surface area contributed by atoms with E-state index in [-0.39, 0.29) is 17.9 Å². The van der Waals surface area contributed by atoms with E-state index in [1.165, 1.54) is 31.3 Å². The third-order valence-corrected chi connectivity index (χ3v) is 6.19. The second kappa shape index (κ2) is 9.16. The zero-order chi connectivity index (χ0) is 22.7. The maximum atomic E-state index is 14.1. The Kier molecular flexibility index (Phi) is 6.32. The van der Waals surface area contributed by atoms with Gasteiger partial charge in [-0.25, -0.2) is 4.39 Å². The predicted octanol–water partition coefficient (Wildman–Crippen LogP) is 3.98. The summed E-state index contributed by atoms with van der Waals surface area (Å²) in [6, 6.07) is 10.1. The van der Waals surface area contributed by atoms with Crippen LogP contribution in [0.25, 0.3) is 0 Å².